The fourth-order valence-corrected chi connectivity index (χ4v) is 1.32. The predicted octanol–water partition coefficient (Wildman–Crippen LogP) is 2.17. The summed E-state index contributed by atoms with van der Waals surface area (Å²) in [5, 5.41) is 13.7. The predicted molar refractivity (Wildman–Crippen MR) is 58.0 cm³/mol. The number of anilines is 1. The van der Waals surface area contributed by atoms with Gasteiger partial charge in [-0.1, -0.05) is 6.07 Å². The lowest BCUT2D eigenvalue weighted by Crippen LogP contribution is -2.02. The van der Waals surface area contributed by atoms with Crippen molar-refractivity contribution in [1.82, 2.24) is 0 Å². The summed E-state index contributed by atoms with van der Waals surface area (Å²) < 4.78 is 4.92. The van der Waals surface area contributed by atoms with E-state index in [2.05, 4.69) is 5.32 Å². The second-order valence-electron chi connectivity index (χ2n) is 3.07. The first-order valence-corrected chi connectivity index (χ1v) is 4.69. The van der Waals surface area contributed by atoms with Crippen LogP contribution >= 0.6 is 0 Å². The summed E-state index contributed by atoms with van der Waals surface area (Å²) >= 11 is 0. The van der Waals surface area contributed by atoms with E-state index in [0.717, 1.165) is 5.56 Å². The van der Waals surface area contributed by atoms with E-state index in [4.69, 9.17) is 4.74 Å². The molecule has 1 N–H and O–H groups in total. The van der Waals surface area contributed by atoms with E-state index < -0.39 is 4.92 Å². The topological polar surface area (TPSA) is 64.4 Å². The standard InChI is InChI=1S/C10H14N2O3/c1-3-11-9-5-4-8(7-15-2)6-10(9)12(13)14/h4-6,11H,3,7H2,1-2H3. The molecule has 0 aromatic heterocycles. The lowest BCUT2D eigenvalue weighted by Gasteiger charge is -2.06. The molecule has 5 heteroatoms. The van der Waals surface area contributed by atoms with Gasteiger partial charge in [0.15, 0.2) is 0 Å². The zero-order chi connectivity index (χ0) is 11.3. The van der Waals surface area contributed by atoms with Crippen LogP contribution in [0.4, 0.5) is 11.4 Å². The van der Waals surface area contributed by atoms with Gasteiger partial charge in [0.05, 0.1) is 11.5 Å². The summed E-state index contributed by atoms with van der Waals surface area (Å²) in [4.78, 5) is 10.4. The summed E-state index contributed by atoms with van der Waals surface area (Å²) in [6.07, 6.45) is 0. The van der Waals surface area contributed by atoms with Crippen LogP contribution in [0.1, 0.15) is 12.5 Å². The monoisotopic (exact) mass is 210 g/mol. The molecule has 0 unspecified atom stereocenters. The van der Waals surface area contributed by atoms with Crippen molar-refractivity contribution in [3.8, 4) is 0 Å². The van der Waals surface area contributed by atoms with Crippen molar-refractivity contribution < 1.29 is 9.66 Å². The van der Waals surface area contributed by atoms with Crippen molar-refractivity contribution in [2.45, 2.75) is 13.5 Å². The number of nitro groups is 1. The highest BCUT2D eigenvalue weighted by molar-refractivity contribution is 5.62. The first-order chi connectivity index (χ1) is 7.19. The van der Waals surface area contributed by atoms with Gasteiger partial charge in [-0.05, 0) is 18.6 Å². The van der Waals surface area contributed by atoms with E-state index in [-0.39, 0.29) is 5.69 Å². The quantitative estimate of drug-likeness (QED) is 0.597. The van der Waals surface area contributed by atoms with Crippen LogP contribution in [0.2, 0.25) is 0 Å². The van der Waals surface area contributed by atoms with Gasteiger partial charge in [0.2, 0.25) is 0 Å². The second-order valence-corrected chi connectivity index (χ2v) is 3.07. The average molecular weight is 210 g/mol. The molecule has 1 aromatic rings. The minimum atomic E-state index is -0.392. The molecule has 1 rings (SSSR count). The molecule has 0 atom stereocenters. The van der Waals surface area contributed by atoms with Gasteiger partial charge < -0.3 is 10.1 Å². The maximum Gasteiger partial charge on any atom is 0.292 e. The van der Waals surface area contributed by atoms with Gasteiger partial charge in [-0.3, -0.25) is 10.1 Å². The van der Waals surface area contributed by atoms with Gasteiger partial charge in [0.25, 0.3) is 5.69 Å². The number of hydrogen-bond donors (Lipinski definition) is 1. The zero-order valence-electron chi connectivity index (χ0n) is 8.82. The van der Waals surface area contributed by atoms with Crippen LogP contribution in [0.3, 0.4) is 0 Å². The second kappa shape index (κ2) is 5.31. The highest BCUT2D eigenvalue weighted by Crippen LogP contribution is 2.25. The first-order valence-electron chi connectivity index (χ1n) is 4.69. The summed E-state index contributed by atoms with van der Waals surface area (Å²) in [7, 11) is 1.56. The van der Waals surface area contributed by atoms with Crippen molar-refractivity contribution in [3.63, 3.8) is 0 Å². The van der Waals surface area contributed by atoms with Gasteiger partial charge in [0.1, 0.15) is 5.69 Å². The molecular weight excluding hydrogens is 196 g/mol. The molecule has 5 nitrogen and oxygen atoms in total. The summed E-state index contributed by atoms with van der Waals surface area (Å²) in [6.45, 7) is 2.94. The summed E-state index contributed by atoms with van der Waals surface area (Å²) in [5.41, 5.74) is 1.43. The molecular formula is C10H14N2O3. The van der Waals surface area contributed by atoms with Gasteiger partial charge in [-0.15, -0.1) is 0 Å². The van der Waals surface area contributed by atoms with Crippen LogP contribution < -0.4 is 5.32 Å². The lowest BCUT2D eigenvalue weighted by molar-refractivity contribution is -0.384. The Hall–Kier alpha value is -1.62. The number of nitro benzene ring substituents is 1. The van der Waals surface area contributed by atoms with E-state index in [0.29, 0.717) is 18.8 Å². The third-order valence-electron chi connectivity index (χ3n) is 1.94. The van der Waals surface area contributed by atoms with Crippen LogP contribution in [0, 0.1) is 10.1 Å². The highest BCUT2D eigenvalue weighted by Gasteiger charge is 2.13. The lowest BCUT2D eigenvalue weighted by atomic mass is 10.2. The molecule has 82 valence electrons. The van der Waals surface area contributed by atoms with Crippen molar-refractivity contribution in [2.24, 2.45) is 0 Å². The maximum atomic E-state index is 10.8. The van der Waals surface area contributed by atoms with E-state index in [9.17, 15) is 10.1 Å². The van der Waals surface area contributed by atoms with Gasteiger partial charge >= 0.3 is 0 Å². The SMILES string of the molecule is CCNc1ccc(COC)cc1[N+](=O)[O-]. The Morgan fingerprint density at radius 2 is 2.27 bits per heavy atom. The normalized spacial score (nSPS) is 10.0. The molecule has 0 spiro atoms. The van der Waals surface area contributed by atoms with Crippen LogP contribution in [0.5, 0.6) is 0 Å². The Bertz CT molecular complexity index is 353. The number of nitrogens with one attached hydrogen (secondary N) is 1. The minimum absolute atomic E-state index is 0.0893. The van der Waals surface area contributed by atoms with E-state index in [1.807, 2.05) is 13.0 Å². The Balaban J connectivity index is 3.03. The molecule has 0 radical (unpaired) electrons. The summed E-state index contributed by atoms with van der Waals surface area (Å²) in [6, 6.07) is 5.05. The van der Waals surface area contributed by atoms with Gasteiger partial charge in [-0.2, -0.15) is 0 Å². The van der Waals surface area contributed by atoms with Crippen LogP contribution in [0.25, 0.3) is 0 Å². The molecule has 0 heterocycles. The molecule has 0 bridgehead atoms. The molecule has 0 aliphatic rings. The van der Waals surface area contributed by atoms with Crippen LogP contribution in [0.15, 0.2) is 18.2 Å². The fourth-order valence-electron chi connectivity index (χ4n) is 1.32. The van der Waals surface area contributed by atoms with E-state index in [1.54, 1.807) is 13.2 Å². The number of ether oxygens (including phenoxy) is 1. The van der Waals surface area contributed by atoms with E-state index >= 15 is 0 Å². The number of nitrogens with zero attached hydrogens (tertiary/aromatic N) is 1. The molecule has 0 saturated heterocycles. The smallest absolute Gasteiger partial charge is 0.292 e. The number of rotatable bonds is 5. The average Bonchev–Trinajstić information content (AvgIpc) is 2.21. The van der Waals surface area contributed by atoms with Crippen molar-refractivity contribution >= 4 is 11.4 Å². The van der Waals surface area contributed by atoms with Gasteiger partial charge in [0, 0.05) is 19.7 Å². The Labute approximate surface area is 88.2 Å². The number of hydrogen-bond acceptors (Lipinski definition) is 4. The zero-order valence-corrected chi connectivity index (χ0v) is 8.82. The summed E-state index contributed by atoms with van der Waals surface area (Å²) in [5.74, 6) is 0. The Kier molecular flexibility index (Phi) is 4.05. The van der Waals surface area contributed by atoms with Crippen LogP contribution in [-0.2, 0) is 11.3 Å². The Morgan fingerprint density at radius 1 is 1.53 bits per heavy atom. The van der Waals surface area contributed by atoms with E-state index in [1.165, 1.54) is 6.07 Å². The van der Waals surface area contributed by atoms with Crippen molar-refractivity contribution in [3.05, 3.63) is 33.9 Å². The molecule has 0 aliphatic heterocycles. The minimum Gasteiger partial charge on any atom is -0.380 e. The maximum absolute atomic E-state index is 10.8. The third-order valence-corrected chi connectivity index (χ3v) is 1.94. The molecule has 0 fully saturated rings. The number of benzene rings is 1. The number of methoxy groups -OCH3 is 1. The molecule has 1 aromatic carbocycles. The highest BCUT2D eigenvalue weighted by atomic mass is 16.6. The molecule has 0 saturated carbocycles. The third kappa shape index (κ3) is 2.92. The molecule has 0 aliphatic carbocycles. The fraction of sp³-hybridized carbons (Fsp3) is 0.400. The van der Waals surface area contributed by atoms with Crippen molar-refractivity contribution in [1.29, 1.82) is 0 Å². The molecule has 0 amide bonds. The van der Waals surface area contributed by atoms with Crippen molar-refractivity contribution in [2.75, 3.05) is 19.0 Å². The molecule has 15 heavy (non-hydrogen) atoms. The largest absolute Gasteiger partial charge is 0.380 e. The van der Waals surface area contributed by atoms with Gasteiger partial charge in [-0.25, -0.2) is 0 Å². The van der Waals surface area contributed by atoms with Crippen LogP contribution in [-0.4, -0.2) is 18.6 Å². The first kappa shape index (κ1) is 11.5. The Morgan fingerprint density at radius 3 is 2.80 bits per heavy atom.